The third kappa shape index (κ3) is 4.16. The maximum atomic E-state index is 2.49. The molecule has 0 saturated carbocycles. The molecule has 0 saturated heterocycles. The fourth-order valence-corrected chi connectivity index (χ4v) is 10.7. The molecule has 0 bridgehead atoms. The predicted molar refractivity (Wildman–Crippen MR) is 233 cm³/mol. The van der Waals surface area contributed by atoms with E-state index in [1.807, 2.05) is 11.3 Å². The standard InChI is InChI=1S/C51H34N2S/c1-51-28-9-8-13-35(51)22-23-36(31-51)52-44-17-6-4-15-38(44)41-29-33(20-25-45(41)52)34-21-26-46-42(30-34)49-47(27-24-40-39-16-5-7-19-48(39)54-50(40)49)53(46)43-18-10-12-32-11-2-3-14-37(32)43/h2-31,35H,1H3. The van der Waals surface area contributed by atoms with Gasteiger partial charge in [-0.2, -0.15) is 0 Å². The first kappa shape index (κ1) is 30.1. The highest BCUT2D eigenvalue weighted by Gasteiger charge is 2.31. The van der Waals surface area contributed by atoms with E-state index in [1.165, 1.54) is 97.1 Å². The molecule has 2 unspecified atom stereocenters. The highest BCUT2D eigenvalue weighted by Crippen LogP contribution is 2.46. The molecule has 2 atom stereocenters. The summed E-state index contributed by atoms with van der Waals surface area (Å²) in [6, 6.07) is 52.0. The minimum absolute atomic E-state index is 0.0447. The second-order valence-electron chi connectivity index (χ2n) is 15.1. The van der Waals surface area contributed by atoms with Crippen LogP contribution in [0.25, 0.3) is 97.1 Å². The lowest BCUT2D eigenvalue weighted by atomic mass is 9.71. The van der Waals surface area contributed by atoms with E-state index in [9.17, 15) is 0 Å². The van der Waals surface area contributed by atoms with Gasteiger partial charge in [0.25, 0.3) is 0 Å². The van der Waals surface area contributed by atoms with Gasteiger partial charge in [0.2, 0.25) is 0 Å². The van der Waals surface area contributed by atoms with E-state index < -0.39 is 0 Å². The highest BCUT2D eigenvalue weighted by molar-refractivity contribution is 7.26. The second kappa shape index (κ2) is 11.1. The van der Waals surface area contributed by atoms with Crippen LogP contribution in [0.3, 0.4) is 0 Å². The molecular formula is C51H34N2S. The van der Waals surface area contributed by atoms with Crippen molar-refractivity contribution in [2.45, 2.75) is 6.92 Å². The van der Waals surface area contributed by atoms with Gasteiger partial charge in [-0.05, 0) is 77.2 Å². The molecular weight excluding hydrogens is 673 g/mol. The lowest BCUT2D eigenvalue weighted by Gasteiger charge is -2.34. The van der Waals surface area contributed by atoms with Gasteiger partial charge in [0.05, 0.1) is 27.8 Å². The van der Waals surface area contributed by atoms with Crippen molar-refractivity contribution < 1.29 is 0 Å². The molecule has 0 radical (unpaired) electrons. The lowest BCUT2D eigenvalue weighted by molar-refractivity contribution is 0.453. The number of thiophene rings is 1. The van der Waals surface area contributed by atoms with E-state index in [0.717, 1.165) is 0 Å². The zero-order valence-corrected chi connectivity index (χ0v) is 30.5. The molecule has 2 aliphatic rings. The predicted octanol–water partition coefficient (Wildman–Crippen LogP) is 14.2. The van der Waals surface area contributed by atoms with Crippen molar-refractivity contribution >= 4 is 91.6 Å². The fraction of sp³-hybridized carbons (Fsp3) is 0.0588. The fourth-order valence-electron chi connectivity index (χ4n) is 9.45. The third-order valence-electron chi connectivity index (χ3n) is 12.1. The van der Waals surface area contributed by atoms with Crippen LogP contribution in [0.1, 0.15) is 6.92 Å². The van der Waals surface area contributed by atoms with Crippen molar-refractivity contribution in [1.29, 1.82) is 0 Å². The zero-order valence-electron chi connectivity index (χ0n) is 29.7. The van der Waals surface area contributed by atoms with Crippen LogP contribution in [-0.2, 0) is 0 Å². The molecule has 3 heteroatoms. The van der Waals surface area contributed by atoms with Gasteiger partial charge < -0.3 is 9.13 Å². The number of benzene rings is 7. The summed E-state index contributed by atoms with van der Waals surface area (Å²) in [6.07, 6.45) is 16.1. The molecule has 3 heterocycles. The van der Waals surface area contributed by atoms with Gasteiger partial charge in [0.1, 0.15) is 0 Å². The number of rotatable bonds is 3. The van der Waals surface area contributed by atoms with Crippen molar-refractivity contribution in [3.8, 4) is 16.8 Å². The van der Waals surface area contributed by atoms with Crippen LogP contribution in [0.4, 0.5) is 0 Å². The lowest BCUT2D eigenvalue weighted by Crippen LogP contribution is -2.24. The van der Waals surface area contributed by atoms with E-state index in [-0.39, 0.29) is 5.41 Å². The molecule has 54 heavy (non-hydrogen) atoms. The molecule has 0 aliphatic heterocycles. The molecule has 10 aromatic rings. The largest absolute Gasteiger partial charge is 0.310 e. The van der Waals surface area contributed by atoms with Crippen molar-refractivity contribution in [2.75, 3.05) is 0 Å². The van der Waals surface area contributed by atoms with Crippen molar-refractivity contribution in [2.24, 2.45) is 11.3 Å². The first-order valence-corrected chi connectivity index (χ1v) is 19.6. The summed E-state index contributed by atoms with van der Waals surface area (Å²) in [4.78, 5) is 0. The first-order valence-electron chi connectivity index (χ1n) is 18.8. The molecule has 12 rings (SSSR count). The number of hydrogen-bond acceptors (Lipinski definition) is 1. The molecule has 0 spiro atoms. The van der Waals surface area contributed by atoms with Crippen LogP contribution in [-0.4, -0.2) is 9.13 Å². The van der Waals surface area contributed by atoms with Gasteiger partial charge >= 0.3 is 0 Å². The van der Waals surface area contributed by atoms with Crippen LogP contribution in [0.15, 0.2) is 182 Å². The number of hydrogen-bond donors (Lipinski definition) is 0. The summed E-state index contributed by atoms with van der Waals surface area (Å²) in [6.45, 7) is 2.34. The Balaban J connectivity index is 1.10. The SMILES string of the molecule is CC12C=CC=CC1C=CC(n1c3ccccc3c3cc(-c4ccc5c(c4)c4c6sc7ccccc7c6ccc4n5-c4cccc5ccccc45)ccc31)=C2. The van der Waals surface area contributed by atoms with Gasteiger partial charge in [0, 0.05) is 64.1 Å². The number of para-hydroxylation sites is 1. The summed E-state index contributed by atoms with van der Waals surface area (Å²) in [7, 11) is 0. The number of nitrogens with zero attached hydrogens (tertiary/aromatic N) is 2. The molecule has 2 aliphatic carbocycles. The normalized spacial score (nSPS) is 18.2. The Kier molecular flexibility index (Phi) is 6.16. The van der Waals surface area contributed by atoms with E-state index in [0.29, 0.717) is 5.92 Å². The molecule has 254 valence electrons. The Bertz CT molecular complexity index is 3350. The van der Waals surface area contributed by atoms with Gasteiger partial charge in [-0.25, -0.2) is 0 Å². The number of fused-ring (bicyclic) bond motifs is 12. The summed E-state index contributed by atoms with van der Waals surface area (Å²) >= 11 is 1.91. The maximum absolute atomic E-state index is 2.49. The first-order chi connectivity index (χ1) is 26.6. The quantitative estimate of drug-likeness (QED) is 0.173. The Labute approximate surface area is 316 Å². The van der Waals surface area contributed by atoms with Gasteiger partial charge in [-0.1, -0.05) is 128 Å². The van der Waals surface area contributed by atoms with E-state index in [1.54, 1.807) is 0 Å². The Morgan fingerprint density at radius 2 is 1.24 bits per heavy atom. The Morgan fingerprint density at radius 1 is 0.537 bits per heavy atom. The van der Waals surface area contributed by atoms with Gasteiger partial charge in [0.15, 0.2) is 0 Å². The van der Waals surface area contributed by atoms with Crippen LogP contribution in [0.2, 0.25) is 0 Å². The van der Waals surface area contributed by atoms with Crippen LogP contribution in [0, 0.1) is 11.3 Å². The molecule has 2 nitrogen and oxygen atoms in total. The molecule has 3 aromatic heterocycles. The molecule has 0 fully saturated rings. The van der Waals surface area contributed by atoms with Crippen molar-refractivity contribution in [3.05, 3.63) is 182 Å². The highest BCUT2D eigenvalue weighted by atomic mass is 32.1. The topological polar surface area (TPSA) is 9.86 Å². The monoisotopic (exact) mass is 706 g/mol. The van der Waals surface area contributed by atoms with Gasteiger partial charge in [-0.3, -0.25) is 0 Å². The Hall–Kier alpha value is -6.42. The zero-order chi connectivity index (χ0) is 35.5. The molecule has 7 aromatic carbocycles. The van der Waals surface area contributed by atoms with E-state index in [2.05, 4.69) is 198 Å². The van der Waals surface area contributed by atoms with Gasteiger partial charge in [-0.15, -0.1) is 11.3 Å². The molecule has 0 amide bonds. The third-order valence-corrected chi connectivity index (χ3v) is 13.3. The summed E-state index contributed by atoms with van der Waals surface area (Å²) < 4.78 is 7.62. The van der Waals surface area contributed by atoms with Crippen molar-refractivity contribution in [3.63, 3.8) is 0 Å². The summed E-state index contributed by atoms with van der Waals surface area (Å²) in [5.41, 5.74) is 9.77. The summed E-state index contributed by atoms with van der Waals surface area (Å²) in [5.74, 6) is 0.376. The second-order valence-corrected chi connectivity index (χ2v) is 16.2. The van der Waals surface area contributed by atoms with E-state index >= 15 is 0 Å². The summed E-state index contributed by atoms with van der Waals surface area (Å²) in [5, 5.41) is 10.3. The van der Waals surface area contributed by atoms with Crippen LogP contribution in [0.5, 0.6) is 0 Å². The minimum Gasteiger partial charge on any atom is -0.310 e. The number of aromatic nitrogens is 2. The number of allylic oxidation sites excluding steroid dienone is 8. The average molecular weight is 707 g/mol. The Morgan fingerprint density at radius 3 is 2.13 bits per heavy atom. The van der Waals surface area contributed by atoms with Crippen LogP contribution < -0.4 is 0 Å². The minimum atomic E-state index is -0.0447. The maximum Gasteiger partial charge on any atom is 0.0556 e. The smallest absolute Gasteiger partial charge is 0.0556 e. The van der Waals surface area contributed by atoms with E-state index in [4.69, 9.17) is 0 Å². The van der Waals surface area contributed by atoms with Crippen LogP contribution >= 0.6 is 11.3 Å². The average Bonchev–Trinajstić information content (AvgIpc) is 3.87. The molecule has 0 N–H and O–H groups in total. The van der Waals surface area contributed by atoms with Crippen molar-refractivity contribution in [1.82, 2.24) is 9.13 Å².